The quantitative estimate of drug-likeness (QED) is 0.483. The molecule has 2 amide bonds. The van der Waals surface area contributed by atoms with E-state index in [4.69, 9.17) is 9.47 Å². The molecule has 0 aromatic heterocycles. The molecule has 0 spiro atoms. The van der Waals surface area contributed by atoms with E-state index in [-0.39, 0.29) is 22.3 Å². The van der Waals surface area contributed by atoms with Crippen LogP contribution in [0.5, 0.6) is 11.5 Å². The van der Waals surface area contributed by atoms with E-state index < -0.39 is 11.9 Å². The predicted octanol–water partition coefficient (Wildman–Crippen LogP) is 5.21. The Morgan fingerprint density at radius 1 is 1.03 bits per heavy atom. The first kappa shape index (κ1) is 22.2. The number of aromatic carboxylic acids is 1. The Balaban J connectivity index is 1.63. The van der Waals surface area contributed by atoms with Crippen LogP contribution in [-0.2, 0) is 11.4 Å². The normalized spacial score (nSPS) is 14.6. The van der Waals surface area contributed by atoms with Crippen LogP contribution < -0.4 is 14.4 Å². The van der Waals surface area contributed by atoms with Crippen molar-refractivity contribution in [3.8, 4) is 11.5 Å². The molecule has 166 valence electrons. The van der Waals surface area contributed by atoms with Crippen molar-refractivity contribution in [3.63, 3.8) is 0 Å². The molecule has 4 rings (SSSR count). The van der Waals surface area contributed by atoms with Crippen LogP contribution in [0.15, 0.2) is 77.7 Å². The minimum absolute atomic E-state index is 0.0911. The van der Waals surface area contributed by atoms with Crippen LogP contribution in [-0.4, -0.2) is 29.3 Å². The highest BCUT2D eigenvalue weighted by molar-refractivity contribution is 8.19. The van der Waals surface area contributed by atoms with Crippen LogP contribution in [0, 0.1) is 0 Å². The number of hydrogen-bond acceptors (Lipinski definition) is 6. The summed E-state index contributed by atoms with van der Waals surface area (Å²) < 4.78 is 11.4. The van der Waals surface area contributed by atoms with Crippen LogP contribution in [0.3, 0.4) is 0 Å². The zero-order valence-electron chi connectivity index (χ0n) is 17.6. The Bertz CT molecular complexity index is 1250. The van der Waals surface area contributed by atoms with Gasteiger partial charge in [-0.15, -0.1) is 0 Å². The molecule has 1 heterocycles. The van der Waals surface area contributed by atoms with Gasteiger partial charge in [0.05, 0.1) is 23.3 Å². The number of carboxylic acid groups (broad SMARTS) is 1. The molecule has 0 radical (unpaired) electrons. The fourth-order valence-electron chi connectivity index (χ4n) is 3.32. The van der Waals surface area contributed by atoms with Crippen molar-refractivity contribution < 1.29 is 29.0 Å². The number of rotatable bonds is 7. The van der Waals surface area contributed by atoms with Crippen molar-refractivity contribution in [2.45, 2.75) is 6.61 Å². The third-order valence-corrected chi connectivity index (χ3v) is 5.75. The van der Waals surface area contributed by atoms with Gasteiger partial charge in [-0.05, 0) is 53.7 Å². The van der Waals surface area contributed by atoms with Crippen molar-refractivity contribution in [2.24, 2.45) is 0 Å². The topological polar surface area (TPSA) is 93.1 Å². The van der Waals surface area contributed by atoms with E-state index in [1.807, 2.05) is 6.07 Å². The second-order valence-electron chi connectivity index (χ2n) is 7.03. The molecule has 0 bridgehead atoms. The van der Waals surface area contributed by atoms with Gasteiger partial charge < -0.3 is 14.6 Å². The number of thioether (sulfide) groups is 1. The first-order valence-electron chi connectivity index (χ1n) is 9.93. The monoisotopic (exact) mass is 461 g/mol. The molecule has 33 heavy (non-hydrogen) atoms. The van der Waals surface area contributed by atoms with Crippen LogP contribution >= 0.6 is 11.8 Å². The van der Waals surface area contributed by atoms with Crippen molar-refractivity contribution in [2.75, 3.05) is 12.0 Å². The predicted molar refractivity (Wildman–Crippen MR) is 126 cm³/mol. The number of carbonyl (C=O) groups excluding carboxylic acids is 2. The molecular weight excluding hydrogens is 442 g/mol. The molecule has 0 unspecified atom stereocenters. The Labute approximate surface area is 194 Å². The average molecular weight is 461 g/mol. The standard InChI is InChI=1S/C25H19NO6S/c1-31-20-12-6-8-17(22(20)32-15-16-7-5-9-18(13-16)24(28)29)14-21-23(27)26(25(30)33-21)19-10-3-2-4-11-19/h2-14H,15H2,1H3,(H,28,29)/b21-14+. The molecular formula is C25H19NO6S. The highest BCUT2D eigenvalue weighted by Gasteiger charge is 2.36. The van der Waals surface area contributed by atoms with E-state index in [0.29, 0.717) is 28.3 Å². The molecule has 1 N–H and O–H groups in total. The Morgan fingerprint density at radius 2 is 1.79 bits per heavy atom. The number of methoxy groups -OCH3 is 1. The maximum Gasteiger partial charge on any atom is 0.335 e. The van der Waals surface area contributed by atoms with Crippen LogP contribution in [0.1, 0.15) is 21.5 Å². The van der Waals surface area contributed by atoms with Gasteiger partial charge in [0, 0.05) is 5.56 Å². The second kappa shape index (κ2) is 9.62. The highest BCUT2D eigenvalue weighted by Crippen LogP contribution is 2.39. The lowest BCUT2D eigenvalue weighted by molar-refractivity contribution is -0.113. The number of anilines is 1. The summed E-state index contributed by atoms with van der Waals surface area (Å²) in [5, 5.41) is 8.81. The lowest BCUT2D eigenvalue weighted by atomic mass is 10.1. The third kappa shape index (κ3) is 4.75. The minimum Gasteiger partial charge on any atom is -0.493 e. The van der Waals surface area contributed by atoms with E-state index >= 15 is 0 Å². The van der Waals surface area contributed by atoms with Crippen molar-refractivity contribution in [1.82, 2.24) is 0 Å². The van der Waals surface area contributed by atoms with Gasteiger partial charge in [-0.3, -0.25) is 9.59 Å². The number of hydrogen-bond donors (Lipinski definition) is 1. The summed E-state index contributed by atoms with van der Waals surface area (Å²) in [4.78, 5) is 38.1. The SMILES string of the molecule is COc1cccc(/C=C2/SC(=O)N(c3ccccc3)C2=O)c1OCc1cccc(C(=O)O)c1. The minimum atomic E-state index is -1.02. The summed E-state index contributed by atoms with van der Waals surface area (Å²) in [5.41, 5.74) is 1.88. The number of nitrogens with zero attached hydrogens (tertiary/aromatic N) is 1. The summed E-state index contributed by atoms with van der Waals surface area (Å²) >= 11 is 0.850. The lowest BCUT2D eigenvalue weighted by Crippen LogP contribution is -2.27. The third-order valence-electron chi connectivity index (χ3n) is 4.88. The van der Waals surface area contributed by atoms with Crippen molar-refractivity contribution in [3.05, 3.63) is 94.4 Å². The largest absolute Gasteiger partial charge is 0.493 e. The van der Waals surface area contributed by atoms with Crippen molar-refractivity contribution >= 4 is 40.6 Å². The van der Waals surface area contributed by atoms with Crippen molar-refractivity contribution in [1.29, 1.82) is 0 Å². The molecule has 3 aromatic carbocycles. The van der Waals surface area contributed by atoms with Gasteiger partial charge in [-0.25, -0.2) is 9.69 Å². The maximum atomic E-state index is 13.0. The maximum absolute atomic E-state index is 13.0. The Kier molecular flexibility index (Phi) is 6.46. The lowest BCUT2D eigenvalue weighted by Gasteiger charge is -2.14. The zero-order chi connectivity index (χ0) is 23.4. The molecule has 0 saturated carbocycles. The molecule has 1 fully saturated rings. The number of imide groups is 1. The summed E-state index contributed by atoms with van der Waals surface area (Å²) in [6.45, 7) is 0.0911. The van der Waals surface area contributed by atoms with E-state index in [1.165, 1.54) is 19.2 Å². The van der Waals surface area contributed by atoms with Gasteiger partial charge in [0.2, 0.25) is 0 Å². The first-order chi connectivity index (χ1) is 16.0. The molecule has 0 aliphatic carbocycles. The molecule has 7 nitrogen and oxygen atoms in total. The average Bonchev–Trinajstić information content (AvgIpc) is 3.11. The van der Waals surface area contributed by atoms with Crippen LogP contribution in [0.2, 0.25) is 0 Å². The van der Waals surface area contributed by atoms with Crippen LogP contribution in [0.4, 0.5) is 10.5 Å². The Morgan fingerprint density at radius 3 is 2.52 bits per heavy atom. The number of benzene rings is 3. The number of carbonyl (C=O) groups is 3. The fourth-order valence-corrected chi connectivity index (χ4v) is 4.15. The first-order valence-corrected chi connectivity index (χ1v) is 10.7. The number of amides is 2. The van der Waals surface area contributed by atoms with E-state index in [1.54, 1.807) is 60.7 Å². The molecule has 1 saturated heterocycles. The summed E-state index contributed by atoms with van der Waals surface area (Å²) in [6, 6.07) is 20.4. The highest BCUT2D eigenvalue weighted by atomic mass is 32.2. The second-order valence-corrected chi connectivity index (χ2v) is 8.02. The van der Waals surface area contributed by atoms with Gasteiger partial charge in [0.1, 0.15) is 6.61 Å². The van der Waals surface area contributed by atoms with Gasteiger partial charge in [0.25, 0.3) is 11.1 Å². The van der Waals surface area contributed by atoms with E-state index in [0.717, 1.165) is 16.7 Å². The number of ether oxygens (including phenoxy) is 2. The molecule has 1 aliphatic heterocycles. The van der Waals surface area contributed by atoms with Gasteiger partial charge in [0.15, 0.2) is 11.5 Å². The van der Waals surface area contributed by atoms with Gasteiger partial charge in [-0.2, -0.15) is 0 Å². The van der Waals surface area contributed by atoms with Gasteiger partial charge in [-0.1, -0.05) is 42.5 Å². The number of carboxylic acids is 1. The van der Waals surface area contributed by atoms with Crippen LogP contribution in [0.25, 0.3) is 6.08 Å². The smallest absolute Gasteiger partial charge is 0.335 e. The molecule has 0 atom stereocenters. The van der Waals surface area contributed by atoms with E-state index in [2.05, 4.69) is 0 Å². The zero-order valence-corrected chi connectivity index (χ0v) is 18.4. The Hall–Kier alpha value is -4.04. The molecule has 3 aromatic rings. The summed E-state index contributed by atoms with van der Waals surface area (Å²) in [7, 11) is 1.50. The summed E-state index contributed by atoms with van der Waals surface area (Å²) in [6.07, 6.45) is 1.60. The summed E-state index contributed by atoms with van der Waals surface area (Å²) in [5.74, 6) is -0.615. The fraction of sp³-hybridized carbons (Fsp3) is 0.0800. The number of para-hydroxylation sites is 2. The van der Waals surface area contributed by atoms with Gasteiger partial charge >= 0.3 is 5.97 Å². The molecule has 1 aliphatic rings. The molecule has 8 heteroatoms. The van der Waals surface area contributed by atoms with E-state index in [9.17, 15) is 19.5 Å².